The van der Waals surface area contributed by atoms with E-state index in [0.717, 1.165) is 54.9 Å². The van der Waals surface area contributed by atoms with Gasteiger partial charge in [0.1, 0.15) is 22.9 Å². The lowest BCUT2D eigenvalue weighted by Crippen LogP contribution is -2.25. The molecule has 220 valence electrons. The number of hydrogen-bond acceptors (Lipinski definition) is 7. The van der Waals surface area contributed by atoms with E-state index in [1.807, 2.05) is 36.5 Å². The number of benzene rings is 1. The van der Waals surface area contributed by atoms with Gasteiger partial charge in [-0.25, -0.2) is 9.97 Å². The first-order valence-corrected chi connectivity index (χ1v) is 14.8. The molecule has 2 aliphatic rings. The van der Waals surface area contributed by atoms with Gasteiger partial charge in [0, 0.05) is 63.7 Å². The molecule has 43 heavy (non-hydrogen) atoms. The Hall–Kier alpha value is -4.70. The highest BCUT2D eigenvalue weighted by atomic mass is 16.5. The molecule has 10 nitrogen and oxygen atoms in total. The van der Waals surface area contributed by atoms with Gasteiger partial charge < -0.3 is 24.1 Å². The van der Waals surface area contributed by atoms with Gasteiger partial charge in [-0.05, 0) is 59.9 Å². The van der Waals surface area contributed by atoms with Crippen LogP contribution in [-0.4, -0.2) is 61.0 Å². The van der Waals surface area contributed by atoms with Crippen molar-refractivity contribution in [2.75, 3.05) is 26.5 Å². The molecule has 0 spiro atoms. The number of fused-ring (bicyclic) bond motifs is 2. The lowest BCUT2D eigenvalue weighted by Gasteiger charge is -2.19. The van der Waals surface area contributed by atoms with Crippen LogP contribution in [0.4, 0.5) is 11.8 Å². The van der Waals surface area contributed by atoms with Gasteiger partial charge in [0.15, 0.2) is 0 Å². The maximum Gasteiger partial charge on any atom is 0.270 e. The van der Waals surface area contributed by atoms with Crippen LogP contribution in [0.5, 0.6) is 5.75 Å². The van der Waals surface area contributed by atoms with Crippen LogP contribution in [0.15, 0.2) is 67.3 Å². The van der Waals surface area contributed by atoms with E-state index in [1.54, 1.807) is 32.3 Å². The number of hydrogen-bond donors (Lipinski definition) is 1. The minimum Gasteiger partial charge on any atom is -0.497 e. The van der Waals surface area contributed by atoms with Crippen LogP contribution in [0.1, 0.15) is 58.9 Å². The SMILES string of the molecule is COc1ccc(CN2Cc3cn(-c4ccc(Nc5ncc6cc(C(=O)N(C)C)n(C7CCCC7)c6n5)nc4)cc3C2)cc1. The van der Waals surface area contributed by atoms with E-state index in [9.17, 15) is 4.79 Å². The van der Waals surface area contributed by atoms with Gasteiger partial charge >= 0.3 is 0 Å². The Bertz CT molecular complexity index is 1740. The minimum absolute atomic E-state index is 0.0161. The van der Waals surface area contributed by atoms with Crippen molar-refractivity contribution < 1.29 is 9.53 Å². The molecule has 0 saturated heterocycles. The Labute approximate surface area is 250 Å². The average Bonchev–Trinajstić information content (AvgIpc) is 3.81. The highest BCUT2D eigenvalue weighted by molar-refractivity contribution is 5.97. The first-order chi connectivity index (χ1) is 20.9. The van der Waals surface area contributed by atoms with Gasteiger partial charge in [0.2, 0.25) is 5.95 Å². The number of anilines is 2. The topological polar surface area (TPSA) is 93.3 Å². The molecule has 0 unspecified atom stereocenters. The Kier molecular flexibility index (Phi) is 7.06. The number of carbonyl (C=O) groups is 1. The Morgan fingerprint density at radius 2 is 1.74 bits per heavy atom. The number of pyridine rings is 1. The summed E-state index contributed by atoms with van der Waals surface area (Å²) in [5, 5.41) is 4.13. The number of nitrogens with one attached hydrogen (secondary N) is 1. The third kappa shape index (κ3) is 5.34. The van der Waals surface area contributed by atoms with Gasteiger partial charge in [0.25, 0.3) is 5.91 Å². The van der Waals surface area contributed by atoms with Crippen molar-refractivity contribution in [3.05, 3.63) is 89.6 Å². The standard InChI is InChI=1S/C33H36N8O2/c1-38(2)32(42)29-14-23-15-35-33(37-31(23)41(29)26-6-4-5-7-26)36-30-13-10-27(16-34-30)40-20-24-18-39(19-25(24)21-40)17-22-8-11-28(43-3)12-9-22/h8-16,20-21,26H,4-7,17-19H2,1-3H3,(H,34,35,36,37). The van der Waals surface area contributed by atoms with Crippen LogP contribution in [0.25, 0.3) is 16.7 Å². The molecule has 1 aromatic carbocycles. The third-order valence-corrected chi connectivity index (χ3v) is 8.53. The average molecular weight is 577 g/mol. The number of nitrogens with zero attached hydrogens (tertiary/aromatic N) is 7. The van der Waals surface area contributed by atoms with E-state index in [4.69, 9.17) is 9.72 Å². The summed E-state index contributed by atoms with van der Waals surface area (Å²) in [6.07, 6.45) is 12.5. The summed E-state index contributed by atoms with van der Waals surface area (Å²) in [7, 11) is 5.26. The molecule has 10 heteroatoms. The lowest BCUT2D eigenvalue weighted by atomic mass is 10.2. The molecule has 1 fully saturated rings. The van der Waals surface area contributed by atoms with Crippen molar-refractivity contribution in [1.29, 1.82) is 0 Å². The van der Waals surface area contributed by atoms with Crippen molar-refractivity contribution >= 4 is 28.7 Å². The van der Waals surface area contributed by atoms with Crippen LogP contribution < -0.4 is 10.1 Å². The Balaban J connectivity index is 1.05. The van der Waals surface area contributed by atoms with E-state index in [0.29, 0.717) is 17.5 Å². The normalized spacial score (nSPS) is 15.2. The fourth-order valence-electron chi connectivity index (χ4n) is 6.33. The molecule has 4 aromatic heterocycles. The zero-order chi connectivity index (χ0) is 29.5. The predicted octanol–water partition coefficient (Wildman–Crippen LogP) is 5.70. The van der Waals surface area contributed by atoms with Crippen LogP contribution in [0.2, 0.25) is 0 Å². The third-order valence-electron chi connectivity index (χ3n) is 8.53. The highest BCUT2D eigenvalue weighted by Crippen LogP contribution is 2.35. The molecule has 0 atom stereocenters. The van der Waals surface area contributed by atoms with Gasteiger partial charge in [-0.1, -0.05) is 25.0 Å². The molecule has 1 amide bonds. The lowest BCUT2D eigenvalue weighted by molar-refractivity contribution is 0.0815. The van der Waals surface area contributed by atoms with Crippen LogP contribution in [-0.2, 0) is 19.6 Å². The van der Waals surface area contributed by atoms with E-state index < -0.39 is 0 Å². The van der Waals surface area contributed by atoms with E-state index >= 15 is 0 Å². The number of carbonyl (C=O) groups excluding carboxylic acids is 1. The van der Waals surface area contributed by atoms with Gasteiger partial charge in [0.05, 0.1) is 19.0 Å². The highest BCUT2D eigenvalue weighted by Gasteiger charge is 2.27. The summed E-state index contributed by atoms with van der Waals surface area (Å²) in [5.74, 6) is 1.99. The fourth-order valence-corrected chi connectivity index (χ4v) is 6.33. The van der Waals surface area contributed by atoms with Crippen molar-refractivity contribution in [3.8, 4) is 11.4 Å². The molecule has 1 aliphatic heterocycles. The molecule has 0 radical (unpaired) electrons. The Morgan fingerprint density at radius 3 is 2.40 bits per heavy atom. The first kappa shape index (κ1) is 27.2. The number of methoxy groups -OCH3 is 1. The molecule has 1 saturated carbocycles. The molecule has 5 heterocycles. The largest absolute Gasteiger partial charge is 0.497 e. The molecule has 1 N–H and O–H groups in total. The summed E-state index contributed by atoms with van der Waals surface area (Å²) in [4.78, 5) is 31.1. The van der Waals surface area contributed by atoms with E-state index in [2.05, 4.69) is 53.8 Å². The summed E-state index contributed by atoms with van der Waals surface area (Å²) in [6.45, 7) is 2.75. The second kappa shape index (κ2) is 11.2. The monoisotopic (exact) mass is 576 g/mol. The quantitative estimate of drug-likeness (QED) is 0.253. The number of amides is 1. The fraction of sp³-hybridized carbons (Fsp3) is 0.333. The summed E-state index contributed by atoms with van der Waals surface area (Å²) >= 11 is 0. The van der Waals surface area contributed by atoms with E-state index in [-0.39, 0.29) is 11.9 Å². The van der Waals surface area contributed by atoms with Crippen LogP contribution in [0, 0.1) is 0 Å². The van der Waals surface area contributed by atoms with Crippen molar-refractivity contribution in [3.63, 3.8) is 0 Å². The van der Waals surface area contributed by atoms with Crippen LogP contribution in [0.3, 0.4) is 0 Å². The summed E-state index contributed by atoms with van der Waals surface area (Å²) in [6, 6.07) is 14.5. The zero-order valence-electron chi connectivity index (χ0n) is 24.8. The smallest absolute Gasteiger partial charge is 0.270 e. The summed E-state index contributed by atoms with van der Waals surface area (Å²) < 4.78 is 9.54. The molecule has 1 aliphatic carbocycles. The molecule has 7 rings (SSSR count). The van der Waals surface area contributed by atoms with E-state index in [1.165, 1.54) is 29.5 Å². The van der Waals surface area contributed by atoms with Gasteiger partial charge in [-0.15, -0.1) is 0 Å². The first-order valence-electron chi connectivity index (χ1n) is 14.8. The molecule has 0 bridgehead atoms. The second-order valence-electron chi connectivity index (χ2n) is 11.7. The van der Waals surface area contributed by atoms with Crippen molar-refractivity contribution in [2.45, 2.75) is 51.4 Å². The molecule has 5 aromatic rings. The minimum atomic E-state index is -0.0161. The van der Waals surface area contributed by atoms with Crippen LogP contribution >= 0.6 is 0 Å². The zero-order valence-corrected chi connectivity index (χ0v) is 24.8. The van der Waals surface area contributed by atoms with Gasteiger partial charge in [-0.2, -0.15) is 4.98 Å². The number of ether oxygens (including phenoxy) is 1. The number of rotatable bonds is 8. The van der Waals surface area contributed by atoms with Crippen molar-refractivity contribution in [1.82, 2.24) is 33.9 Å². The predicted molar refractivity (Wildman–Crippen MR) is 166 cm³/mol. The molecular weight excluding hydrogens is 540 g/mol. The maximum atomic E-state index is 13.0. The Morgan fingerprint density at radius 1 is 1.00 bits per heavy atom. The second-order valence-corrected chi connectivity index (χ2v) is 11.7. The number of aromatic nitrogens is 5. The maximum absolute atomic E-state index is 13.0. The van der Waals surface area contributed by atoms with Gasteiger partial charge in [-0.3, -0.25) is 9.69 Å². The van der Waals surface area contributed by atoms with Crippen molar-refractivity contribution in [2.24, 2.45) is 0 Å². The molecular formula is C33H36N8O2. The summed E-state index contributed by atoms with van der Waals surface area (Å²) in [5.41, 5.74) is 6.42.